The molecule has 19 heavy (non-hydrogen) atoms. The Bertz CT molecular complexity index is 635. The first-order chi connectivity index (χ1) is 9.16. The van der Waals surface area contributed by atoms with Crippen LogP contribution in [0.3, 0.4) is 0 Å². The third-order valence-electron chi connectivity index (χ3n) is 3.45. The van der Waals surface area contributed by atoms with Gasteiger partial charge in [-0.2, -0.15) is 0 Å². The number of carbonyl (C=O) groups excluding carboxylic acids is 1. The molecule has 0 unspecified atom stereocenters. The van der Waals surface area contributed by atoms with Crippen molar-refractivity contribution in [2.45, 2.75) is 20.0 Å². The van der Waals surface area contributed by atoms with Gasteiger partial charge in [-0.3, -0.25) is 4.79 Å². The van der Waals surface area contributed by atoms with E-state index in [4.69, 9.17) is 0 Å². The summed E-state index contributed by atoms with van der Waals surface area (Å²) in [6, 6.07) is 5.77. The molecule has 0 aliphatic carbocycles. The largest absolute Gasteiger partial charge is 0.332 e. The fourth-order valence-corrected chi connectivity index (χ4v) is 2.76. The maximum Gasteiger partial charge on any atom is 0.255 e. The number of fused-ring (bicyclic) bond motifs is 1. The Balaban J connectivity index is 1.88. The van der Waals surface area contributed by atoms with E-state index in [2.05, 4.69) is 25.5 Å². The third-order valence-corrected chi connectivity index (χ3v) is 4.51. The Kier molecular flexibility index (Phi) is 3.14. The summed E-state index contributed by atoms with van der Waals surface area (Å²) in [5.74, 6) is 1.01. The Morgan fingerprint density at radius 3 is 3.05 bits per heavy atom. The molecular formula is C14H14BrN3O. The van der Waals surface area contributed by atoms with Crippen LogP contribution in [0.4, 0.5) is 0 Å². The fourth-order valence-electron chi connectivity index (χ4n) is 2.33. The molecule has 4 nitrogen and oxygen atoms in total. The van der Waals surface area contributed by atoms with Gasteiger partial charge in [0.1, 0.15) is 5.82 Å². The molecule has 2 aromatic rings. The Morgan fingerprint density at radius 1 is 1.37 bits per heavy atom. The van der Waals surface area contributed by atoms with E-state index in [1.54, 1.807) is 6.20 Å². The van der Waals surface area contributed by atoms with Crippen LogP contribution < -0.4 is 0 Å². The van der Waals surface area contributed by atoms with E-state index in [0.717, 1.165) is 34.5 Å². The van der Waals surface area contributed by atoms with Gasteiger partial charge >= 0.3 is 0 Å². The minimum atomic E-state index is 0.0600. The number of nitrogens with zero attached hydrogens (tertiary/aromatic N) is 3. The van der Waals surface area contributed by atoms with Crippen LogP contribution in [0.5, 0.6) is 0 Å². The highest BCUT2D eigenvalue weighted by Gasteiger charge is 2.23. The zero-order chi connectivity index (χ0) is 13.4. The maximum atomic E-state index is 12.6. The molecule has 0 atom stereocenters. The van der Waals surface area contributed by atoms with Gasteiger partial charge in [0, 0.05) is 30.0 Å². The molecule has 0 radical (unpaired) electrons. The van der Waals surface area contributed by atoms with Crippen molar-refractivity contribution in [2.24, 2.45) is 0 Å². The number of benzene rings is 1. The van der Waals surface area contributed by atoms with E-state index in [0.29, 0.717) is 6.54 Å². The Hall–Kier alpha value is -1.62. The molecule has 0 saturated carbocycles. The summed E-state index contributed by atoms with van der Waals surface area (Å²) >= 11 is 3.50. The van der Waals surface area contributed by atoms with Crippen molar-refractivity contribution in [3.63, 3.8) is 0 Å². The number of hydrogen-bond donors (Lipinski definition) is 0. The van der Waals surface area contributed by atoms with Crippen LogP contribution in [-0.4, -0.2) is 26.9 Å². The molecule has 5 heteroatoms. The average Bonchev–Trinajstić information content (AvgIpc) is 2.88. The van der Waals surface area contributed by atoms with Crippen LogP contribution in [0.15, 0.2) is 35.1 Å². The zero-order valence-electron chi connectivity index (χ0n) is 10.6. The molecule has 1 aromatic heterocycles. The van der Waals surface area contributed by atoms with Crippen molar-refractivity contribution in [3.8, 4) is 0 Å². The van der Waals surface area contributed by atoms with E-state index in [-0.39, 0.29) is 5.91 Å². The zero-order valence-corrected chi connectivity index (χ0v) is 12.2. The van der Waals surface area contributed by atoms with Crippen LogP contribution in [-0.2, 0) is 13.1 Å². The van der Waals surface area contributed by atoms with Crippen molar-refractivity contribution < 1.29 is 4.79 Å². The molecule has 3 rings (SSSR count). The molecule has 0 fully saturated rings. The van der Waals surface area contributed by atoms with E-state index >= 15 is 0 Å². The second-order valence-corrected chi connectivity index (χ2v) is 5.49. The van der Waals surface area contributed by atoms with Gasteiger partial charge in [0.25, 0.3) is 5.91 Å². The predicted octanol–water partition coefficient (Wildman–Crippen LogP) is 2.61. The molecule has 98 valence electrons. The Labute approximate surface area is 120 Å². The van der Waals surface area contributed by atoms with Crippen LogP contribution >= 0.6 is 15.9 Å². The summed E-state index contributed by atoms with van der Waals surface area (Å²) in [5.41, 5.74) is 1.80. The van der Waals surface area contributed by atoms with Crippen LogP contribution in [0, 0.1) is 6.92 Å². The fraction of sp³-hybridized carbons (Fsp3) is 0.286. The smallest absolute Gasteiger partial charge is 0.255 e. The van der Waals surface area contributed by atoms with E-state index in [1.165, 1.54) is 0 Å². The SMILES string of the molecule is Cc1cccc(C(=O)N2CCn3ccnc3C2)c1Br. The quantitative estimate of drug-likeness (QED) is 0.810. The molecule has 0 saturated heterocycles. The standard InChI is InChI=1S/C14H14BrN3O/c1-10-3-2-4-11(13(10)15)14(19)18-8-7-17-6-5-16-12(17)9-18/h2-6H,7-9H2,1H3. The van der Waals surface area contributed by atoms with Crippen molar-refractivity contribution in [1.29, 1.82) is 0 Å². The highest BCUT2D eigenvalue weighted by atomic mass is 79.9. The molecular weight excluding hydrogens is 306 g/mol. The van der Waals surface area contributed by atoms with Gasteiger partial charge in [-0.05, 0) is 34.5 Å². The topological polar surface area (TPSA) is 38.1 Å². The summed E-state index contributed by atoms with van der Waals surface area (Å²) in [7, 11) is 0. The van der Waals surface area contributed by atoms with Gasteiger partial charge in [-0.1, -0.05) is 12.1 Å². The third kappa shape index (κ3) is 2.18. The molecule has 0 spiro atoms. The van der Waals surface area contributed by atoms with Gasteiger partial charge in [-0.15, -0.1) is 0 Å². The van der Waals surface area contributed by atoms with Crippen molar-refractivity contribution in [1.82, 2.24) is 14.5 Å². The first-order valence-corrected chi connectivity index (χ1v) is 7.00. The number of rotatable bonds is 1. The number of amides is 1. The highest BCUT2D eigenvalue weighted by molar-refractivity contribution is 9.10. The highest BCUT2D eigenvalue weighted by Crippen LogP contribution is 2.23. The molecule has 1 aliphatic heterocycles. The van der Waals surface area contributed by atoms with Crippen molar-refractivity contribution in [3.05, 3.63) is 52.0 Å². The predicted molar refractivity (Wildman–Crippen MR) is 75.8 cm³/mol. The lowest BCUT2D eigenvalue weighted by Crippen LogP contribution is -2.38. The van der Waals surface area contributed by atoms with Gasteiger partial charge in [0.2, 0.25) is 0 Å². The normalized spacial score (nSPS) is 14.3. The van der Waals surface area contributed by atoms with Crippen molar-refractivity contribution >= 4 is 21.8 Å². The molecule has 1 amide bonds. The van der Waals surface area contributed by atoms with Crippen LogP contribution in [0.25, 0.3) is 0 Å². The number of carbonyl (C=O) groups is 1. The lowest BCUT2D eigenvalue weighted by atomic mass is 10.1. The number of aromatic nitrogens is 2. The van der Waals surface area contributed by atoms with E-state index in [9.17, 15) is 4.79 Å². The van der Waals surface area contributed by atoms with Gasteiger partial charge in [0.15, 0.2) is 0 Å². The number of imidazole rings is 1. The summed E-state index contributed by atoms with van der Waals surface area (Å²) in [6.07, 6.45) is 3.74. The average molecular weight is 320 g/mol. The van der Waals surface area contributed by atoms with Gasteiger partial charge < -0.3 is 9.47 Å². The lowest BCUT2D eigenvalue weighted by molar-refractivity contribution is 0.0706. The molecule has 1 aromatic carbocycles. The summed E-state index contributed by atoms with van der Waals surface area (Å²) in [5, 5.41) is 0. The van der Waals surface area contributed by atoms with Crippen molar-refractivity contribution in [2.75, 3.05) is 6.54 Å². The summed E-state index contributed by atoms with van der Waals surface area (Å²) in [4.78, 5) is 18.7. The minimum Gasteiger partial charge on any atom is -0.332 e. The van der Waals surface area contributed by atoms with E-state index < -0.39 is 0 Å². The molecule has 2 heterocycles. The van der Waals surface area contributed by atoms with Crippen LogP contribution in [0.1, 0.15) is 21.7 Å². The molecule has 0 bridgehead atoms. The molecule has 0 N–H and O–H groups in total. The maximum absolute atomic E-state index is 12.6. The molecule has 1 aliphatic rings. The minimum absolute atomic E-state index is 0.0600. The first-order valence-electron chi connectivity index (χ1n) is 6.21. The summed E-state index contributed by atoms with van der Waals surface area (Å²) in [6.45, 7) is 4.10. The number of halogens is 1. The van der Waals surface area contributed by atoms with E-state index in [1.807, 2.05) is 36.2 Å². The van der Waals surface area contributed by atoms with Gasteiger partial charge in [-0.25, -0.2) is 4.98 Å². The number of aryl methyl sites for hydroxylation is 1. The monoisotopic (exact) mass is 319 g/mol. The second-order valence-electron chi connectivity index (χ2n) is 4.70. The van der Waals surface area contributed by atoms with Crippen LogP contribution in [0.2, 0.25) is 0 Å². The summed E-state index contributed by atoms with van der Waals surface area (Å²) < 4.78 is 2.98. The first kappa shape index (κ1) is 12.4. The number of hydrogen-bond acceptors (Lipinski definition) is 2. The second kappa shape index (κ2) is 4.81. The Morgan fingerprint density at radius 2 is 2.21 bits per heavy atom. The van der Waals surface area contributed by atoms with Gasteiger partial charge in [0.05, 0.1) is 12.1 Å². The lowest BCUT2D eigenvalue weighted by Gasteiger charge is -2.28.